The number of carbonyl (C=O) groups is 1. The van der Waals surface area contributed by atoms with Crippen molar-refractivity contribution in [3.63, 3.8) is 0 Å². The van der Waals surface area contributed by atoms with Crippen LogP contribution in [0.25, 0.3) is 11.1 Å². The minimum atomic E-state index is 0.0463. The molecule has 0 bridgehead atoms. The first-order valence-electron chi connectivity index (χ1n) is 5.33. The Kier molecular flexibility index (Phi) is 3.02. The molecular formula is C15H11NO. The summed E-state index contributed by atoms with van der Waals surface area (Å²) in [5.41, 5.74) is 3.19. The van der Waals surface area contributed by atoms with Gasteiger partial charge in [0.25, 0.3) is 0 Å². The van der Waals surface area contributed by atoms with Gasteiger partial charge < -0.3 is 0 Å². The lowest BCUT2D eigenvalue weighted by Crippen LogP contribution is -1.95. The zero-order valence-corrected chi connectivity index (χ0v) is 9.47. The van der Waals surface area contributed by atoms with Crippen molar-refractivity contribution < 1.29 is 4.79 Å². The molecule has 17 heavy (non-hydrogen) atoms. The Hall–Kier alpha value is -2.40. The highest BCUT2D eigenvalue weighted by atomic mass is 16.1. The second kappa shape index (κ2) is 4.63. The zero-order chi connectivity index (χ0) is 12.3. The maximum Gasteiger partial charge on any atom is 0.160 e. The Morgan fingerprint density at radius 2 is 1.71 bits per heavy atom. The molecule has 2 aromatic carbocycles. The normalized spacial score (nSPS) is 9.65. The first kappa shape index (κ1) is 11.1. The molecule has 0 aliphatic heterocycles. The first-order chi connectivity index (χ1) is 8.22. The number of benzene rings is 2. The van der Waals surface area contributed by atoms with E-state index in [1.54, 1.807) is 19.1 Å². The van der Waals surface area contributed by atoms with Crippen molar-refractivity contribution in [1.82, 2.24) is 0 Å². The van der Waals surface area contributed by atoms with Crippen LogP contribution in [0.2, 0.25) is 0 Å². The van der Waals surface area contributed by atoms with E-state index in [2.05, 4.69) is 6.07 Å². The Morgan fingerprint density at radius 1 is 1.06 bits per heavy atom. The summed E-state index contributed by atoms with van der Waals surface area (Å²) in [6.07, 6.45) is 0. The van der Waals surface area contributed by atoms with Gasteiger partial charge in [-0.3, -0.25) is 4.79 Å². The van der Waals surface area contributed by atoms with Gasteiger partial charge in [-0.15, -0.1) is 0 Å². The smallest absolute Gasteiger partial charge is 0.160 e. The van der Waals surface area contributed by atoms with Gasteiger partial charge in [0.1, 0.15) is 0 Å². The molecule has 0 aliphatic rings. The molecule has 0 fully saturated rings. The average molecular weight is 221 g/mol. The van der Waals surface area contributed by atoms with Gasteiger partial charge in [-0.05, 0) is 30.2 Å². The Morgan fingerprint density at radius 3 is 2.29 bits per heavy atom. The maximum absolute atomic E-state index is 11.5. The number of hydrogen-bond donors (Lipinski definition) is 0. The summed E-state index contributed by atoms with van der Waals surface area (Å²) in [7, 11) is 0. The predicted octanol–water partition coefficient (Wildman–Crippen LogP) is 3.43. The molecule has 0 atom stereocenters. The van der Waals surface area contributed by atoms with Gasteiger partial charge in [0.15, 0.2) is 5.78 Å². The van der Waals surface area contributed by atoms with Crippen molar-refractivity contribution in [1.29, 1.82) is 5.26 Å². The summed E-state index contributed by atoms with van der Waals surface area (Å²) < 4.78 is 0. The Labute approximate surface area is 100 Å². The van der Waals surface area contributed by atoms with Gasteiger partial charge in [0.05, 0.1) is 11.6 Å². The summed E-state index contributed by atoms with van der Waals surface area (Å²) in [6.45, 7) is 1.56. The lowest BCUT2D eigenvalue weighted by atomic mass is 9.97. The van der Waals surface area contributed by atoms with Crippen LogP contribution in [0.3, 0.4) is 0 Å². The van der Waals surface area contributed by atoms with E-state index in [4.69, 9.17) is 5.26 Å². The first-order valence-corrected chi connectivity index (χ1v) is 5.33. The van der Waals surface area contributed by atoms with Crippen molar-refractivity contribution in [2.75, 3.05) is 0 Å². The number of rotatable bonds is 2. The van der Waals surface area contributed by atoms with Crippen LogP contribution in [0.15, 0.2) is 48.5 Å². The third-order valence-electron chi connectivity index (χ3n) is 2.63. The number of hydrogen-bond acceptors (Lipinski definition) is 2. The third kappa shape index (κ3) is 2.24. The van der Waals surface area contributed by atoms with Crippen LogP contribution in [-0.4, -0.2) is 5.78 Å². The second-order valence-electron chi connectivity index (χ2n) is 3.79. The highest BCUT2D eigenvalue weighted by Gasteiger charge is 2.07. The number of nitriles is 1. The summed E-state index contributed by atoms with van der Waals surface area (Å²) >= 11 is 0. The number of Topliss-reactive ketones (excluding diaryl/α,β-unsaturated/α-hetero) is 1. The van der Waals surface area contributed by atoms with Gasteiger partial charge in [0, 0.05) is 5.56 Å². The molecule has 82 valence electrons. The van der Waals surface area contributed by atoms with Crippen molar-refractivity contribution in [2.45, 2.75) is 6.92 Å². The highest BCUT2D eigenvalue weighted by molar-refractivity contribution is 6.00. The van der Waals surface area contributed by atoms with Gasteiger partial charge in [-0.2, -0.15) is 5.26 Å². The third-order valence-corrected chi connectivity index (χ3v) is 2.63. The maximum atomic E-state index is 11.5. The molecule has 2 aromatic rings. The van der Waals surface area contributed by atoms with Crippen molar-refractivity contribution in [3.05, 3.63) is 59.7 Å². The average Bonchev–Trinajstić information content (AvgIpc) is 2.39. The molecule has 0 aliphatic carbocycles. The van der Waals surface area contributed by atoms with E-state index < -0.39 is 0 Å². The van der Waals surface area contributed by atoms with E-state index in [-0.39, 0.29) is 5.78 Å². The van der Waals surface area contributed by atoms with Gasteiger partial charge >= 0.3 is 0 Å². The molecule has 0 N–H and O–H groups in total. The van der Waals surface area contributed by atoms with Crippen LogP contribution >= 0.6 is 0 Å². The molecule has 0 heterocycles. The molecule has 0 unspecified atom stereocenters. The molecule has 0 aromatic heterocycles. The van der Waals surface area contributed by atoms with Crippen LogP contribution < -0.4 is 0 Å². The Balaban J connectivity index is 2.53. The molecule has 2 nitrogen and oxygen atoms in total. The number of ketones is 1. The van der Waals surface area contributed by atoms with Crippen LogP contribution in [-0.2, 0) is 0 Å². The molecule has 0 saturated heterocycles. The SMILES string of the molecule is CC(=O)c1ccccc1-c1ccc(C#N)cc1. The van der Waals surface area contributed by atoms with E-state index in [0.29, 0.717) is 11.1 Å². The molecule has 0 spiro atoms. The quantitative estimate of drug-likeness (QED) is 0.729. The van der Waals surface area contributed by atoms with E-state index in [1.165, 1.54) is 0 Å². The number of carbonyl (C=O) groups excluding carboxylic acids is 1. The summed E-state index contributed by atoms with van der Waals surface area (Å²) in [5.74, 6) is 0.0463. The van der Waals surface area contributed by atoms with Crippen LogP contribution in [0, 0.1) is 11.3 Å². The van der Waals surface area contributed by atoms with Crippen molar-refractivity contribution >= 4 is 5.78 Å². The minimum absolute atomic E-state index is 0.0463. The van der Waals surface area contributed by atoms with Crippen LogP contribution in [0.1, 0.15) is 22.8 Å². The fourth-order valence-electron chi connectivity index (χ4n) is 1.77. The van der Waals surface area contributed by atoms with Crippen molar-refractivity contribution in [3.8, 4) is 17.2 Å². The largest absolute Gasteiger partial charge is 0.294 e. The van der Waals surface area contributed by atoms with Gasteiger partial charge in [0.2, 0.25) is 0 Å². The fraction of sp³-hybridized carbons (Fsp3) is 0.0667. The monoisotopic (exact) mass is 221 g/mol. The molecule has 0 radical (unpaired) electrons. The van der Waals surface area contributed by atoms with Crippen molar-refractivity contribution in [2.24, 2.45) is 0 Å². The summed E-state index contributed by atoms with van der Waals surface area (Å²) in [6, 6.07) is 16.8. The molecule has 0 saturated carbocycles. The lowest BCUT2D eigenvalue weighted by molar-refractivity contribution is 0.101. The van der Waals surface area contributed by atoms with E-state index in [0.717, 1.165) is 11.1 Å². The van der Waals surface area contributed by atoms with Gasteiger partial charge in [-0.25, -0.2) is 0 Å². The predicted molar refractivity (Wildman–Crippen MR) is 66.6 cm³/mol. The molecule has 0 amide bonds. The lowest BCUT2D eigenvalue weighted by Gasteiger charge is -2.06. The van der Waals surface area contributed by atoms with E-state index in [9.17, 15) is 4.79 Å². The molecule has 2 rings (SSSR count). The molecule has 2 heteroatoms. The minimum Gasteiger partial charge on any atom is -0.294 e. The number of nitrogens with zero attached hydrogens (tertiary/aromatic N) is 1. The summed E-state index contributed by atoms with van der Waals surface area (Å²) in [5, 5.41) is 8.74. The standard InChI is InChI=1S/C15H11NO/c1-11(17)14-4-2-3-5-15(14)13-8-6-12(10-16)7-9-13/h2-9H,1H3. The highest BCUT2D eigenvalue weighted by Crippen LogP contribution is 2.24. The van der Waals surface area contributed by atoms with E-state index in [1.807, 2.05) is 36.4 Å². The topological polar surface area (TPSA) is 40.9 Å². The Bertz CT molecular complexity index is 591. The van der Waals surface area contributed by atoms with Crippen LogP contribution in [0.4, 0.5) is 0 Å². The fourth-order valence-corrected chi connectivity index (χ4v) is 1.77. The van der Waals surface area contributed by atoms with Gasteiger partial charge in [-0.1, -0.05) is 36.4 Å². The van der Waals surface area contributed by atoms with Crippen LogP contribution in [0.5, 0.6) is 0 Å². The summed E-state index contributed by atoms with van der Waals surface area (Å²) in [4.78, 5) is 11.5. The molecular weight excluding hydrogens is 210 g/mol. The van der Waals surface area contributed by atoms with E-state index >= 15 is 0 Å². The zero-order valence-electron chi connectivity index (χ0n) is 9.47. The second-order valence-corrected chi connectivity index (χ2v) is 3.79.